The minimum Gasteiger partial charge on any atom is -0.461 e. The second-order valence-corrected chi connectivity index (χ2v) is 10.7. The Morgan fingerprint density at radius 2 is 1.97 bits per heavy atom. The van der Waals surface area contributed by atoms with Crippen molar-refractivity contribution in [3.05, 3.63) is 42.7 Å². The summed E-state index contributed by atoms with van der Waals surface area (Å²) in [4.78, 5) is 12.7. The van der Waals surface area contributed by atoms with E-state index < -0.39 is 10.0 Å². The molecule has 0 radical (unpaired) electrons. The second kappa shape index (κ2) is 9.98. The molecule has 1 amide bonds. The van der Waals surface area contributed by atoms with Crippen LogP contribution in [-0.2, 0) is 14.8 Å². The number of hydrogen-bond acceptors (Lipinski definition) is 8. The van der Waals surface area contributed by atoms with E-state index in [0.29, 0.717) is 16.7 Å². The molecule has 0 aliphatic heterocycles. The molecule has 4 rings (SSSR count). The van der Waals surface area contributed by atoms with Crippen molar-refractivity contribution in [2.24, 2.45) is 0 Å². The van der Waals surface area contributed by atoms with Crippen molar-refractivity contribution in [2.75, 3.05) is 24.0 Å². The van der Waals surface area contributed by atoms with E-state index in [-0.39, 0.29) is 28.3 Å². The van der Waals surface area contributed by atoms with Crippen LogP contribution in [-0.4, -0.2) is 52.3 Å². The summed E-state index contributed by atoms with van der Waals surface area (Å²) in [6.45, 7) is 0. The van der Waals surface area contributed by atoms with E-state index in [0.717, 1.165) is 43.9 Å². The number of hydrogen-bond donors (Lipinski definition) is 2. The molecule has 1 fully saturated rings. The molecule has 0 bridgehead atoms. The number of para-hydroxylation sites is 1. The van der Waals surface area contributed by atoms with Crippen molar-refractivity contribution < 1.29 is 17.6 Å². The highest BCUT2D eigenvalue weighted by atomic mass is 32.2. The first-order chi connectivity index (χ1) is 15.9. The molecule has 0 unspecified atom stereocenters. The Morgan fingerprint density at radius 1 is 1.21 bits per heavy atom. The van der Waals surface area contributed by atoms with Gasteiger partial charge in [-0.2, -0.15) is 4.31 Å². The zero-order valence-corrected chi connectivity index (χ0v) is 19.8. The molecular formula is C21H26N6O4S2. The Labute approximate surface area is 196 Å². The molecule has 1 aliphatic rings. The maximum atomic E-state index is 13.3. The van der Waals surface area contributed by atoms with E-state index in [1.165, 1.54) is 21.3 Å². The molecule has 10 nitrogen and oxygen atoms in total. The lowest BCUT2D eigenvalue weighted by molar-refractivity contribution is -0.113. The number of benzene rings is 1. The number of aromatic nitrogens is 3. The highest BCUT2D eigenvalue weighted by Crippen LogP contribution is 2.30. The maximum absolute atomic E-state index is 13.3. The molecule has 2 heterocycles. The van der Waals surface area contributed by atoms with Gasteiger partial charge in [-0.25, -0.2) is 13.1 Å². The fourth-order valence-corrected chi connectivity index (χ4v) is 6.07. The van der Waals surface area contributed by atoms with Gasteiger partial charge in [-0.15, -0.1) is 10.2 Å². The number of sulfonamides is 1. The molecule has 12 heteroatoms. The number of nitrogens with zero attached hydrogens (tertiary/aromatic N) is 4. The molecule has 33 heavy (non-hydrogen) atoms. The van der Waals surface area contributed by atoms with E-state index >= 15 is 0 Å². The zero-order chi connectivity index (χ0) is 23.4. The number of nitrogens with one attached hydrogen (secondary N) is 1. The van der Waals surface area contributed by atoms with Crippen molar-refractivity contribution in [2.45, 2.75) is 48.2 Å². The zero-order valence-electron chi connectivity index (χ0n) is 18.2. The average Bonchev–Trinajstić information content (AvgIpc) is 3.48. The van der Waals surface area contributed by atoms with Crippen LogP contribution in [0.3, 0.4) is 0 Å². The summed E-state index contributed by atoms with van der Waals surface area (Å²) in [6, 6.07) is 9.83. The van der Waals surface area contributed by atoms with E-state index in [9.17, 15) is 13.2 Å². The van der Waals surface area contributed by atoms with Crippen LogP contribution in [0.2, 0.25) is 0 Å². The number of amides is 1. The lowest BCUT2D eigenvalue weighted by Gasteiger charge is -2.30. The van der Waals surface area contributed by atoms with Crippen molar-refractivity contribution in [3.8, 4) is 11.6 Å². The van der Waals surface area contributed by atoms with Crippen LogP contribution >= 0.6 is 11.8 Å². The van der Waals surface area contributed by atoms with Gasteiger partial charge in [0, 0.05) is 13.1 Å². The first kappa shape index (κ1) is 23.3. The predicted molar refractivity (Wildman–Crippen MR) is 125 cm³/mol. The Kier molecular flexibility index (Phi) is 7.05. The number of carbonyl (C=O) groups is 1. The van der Waals surface area contributed by atoms with Gasteiger partial charge in [-0.3, -0.25) is 4.79 Å². The summed E-state index contributed by atoms with van der Waals surface area (Å²) in [5, 5.41) is 11.0. The Morgan fingerprint density at radius 3 is 2.70 bits per heavy atom. The molecule has 2 aromatic heterocycles. The minimum absolute atomic E-state index is 0.0256. The van der Waals surface area contributed by atoms with Gasteiger partial charge in [0.15, 0.2) is 5.76 Å². The normalized spacial score (nSPS) is 15.1. The molecular weight excluding hydrogens is 464 g/mol. The number of nitrogens with two attached hydrogens (primary N) is 1. The number of thioether (sulfide) groups is 1. The number of carbonyl (C=O) groups excluding carboxylic acids is 1. The van der Waals surface area contributed by atoms with Gasteiger partial charge in [0.05, 0.1) is 17.7 Å². The number of nitrogen functional groups attached to an aromatic ring is 1. The molecule has 0 saturated heterocycles. The summed E-state index contributed by atoms with van der Waals surface area (Å²) in [5.74, 6) is 6.40. The first-order valence-corrected chi connectivity index (χ1v) is 13.0. The lowest BCUT2D eigenvalue weighted by atomic mass is 9.96. The van der Waals surface area contributed by atoms with Crippen LogP contribution in [0.4, 0.5) is 5.69 Å². The number of furan rings is 1. The summed E-state index contributed by atoms with van der Waals surface area (Å²) in [5.41, 5.74) is 0.247. The Bertz CT molecular complexity index is 1200. The van der Waals surface area contributed by atoms with Crippen molar-refractivity contribution >= 4 is 33.4 Å². The Balaban J connectivity index is 1.44. The largest absolute Gasteiger partial charge is 0.461 e. The van der Waals surface area contributed by atoms with E-state index in [2.05, 4.69) is 15.5 Å². The smallest absolute Gasteiger partial charge is 0.245 e. The topological polar surface area (TPSA) is 136 Å². The highest BCUT2D eigenvalue weighted by molar-refractivity contribution is 7.99. The van der Waals surface area contributed by atoms with Gasteiger partial charge < -0.3 is 15.6 Å². The van der Waals surface area contributed by atoms with E-state index in [4.69, 9.17) is 10.3 Å². The summed E-state index contributed by atoms with van der Waals surface area (Å²) in [6.07, 6.45) is 6.37. The third-order valence-corrected chi connectivity index (χ3v) is 8.56. The van der Waals surface area contributed by atoms with Crippen molar-refractivity contribution in [3.63, 3.8) is 0 Å². The molecule has 3 N–H and O–H groups in total. The van der Waals surface area contributed by atoms with E-state index in [1.54, 1.807) is 37.4 Å². The summed E-state index contributed by atoms with van der Waals surface area (Å²) >= 11 is 1.09. The molecule has 0 atom stereocenters. The number of rotatable bonds is 8. The Hall–Kier alpha value is -2.83. The summed E-state index contributed by atoms with van der Waals surface area (Å²) in [7, 11) is -2.14. The fraction of sp³-hybridized carbons (Fsp3) is 0.381. The van der Waals surface area contributed by atoms with Crippen molar-refractivity contribution in [1.82, 2.24) is 19.2 Å². The van der Waals surface area contributed by atoms with Crippen LogP contribution in [0.25, 0.3) is 11.6 Å². The van der Waals surface area contributed by atoms with Crippen LogP contribution in [0.1, 0.15) is 32.1 Å². The molecule has 1 saturated carbocycles. The standard InChI is InChI=1S/C21H26N6O4S2/c1-26(15-8-3-2-4-9-15)33(29,30)18-12-6-5-10-16(18)23-19(28)14-32-21-25-24-20(27(21)22)17-11-7-13-31-17/h5-7,10-13,15H,2-4,8-9,14,22H2,1H3,(H,23,28). The van der Waals surface area contributed by atoms with Gasteiger partial charge in [-0.1, -0.05) is 43.2 Å². The van der Waals surface area contributed by atoms with E-state index in [1.807, 2.05) is 0 Å². The van der Waals surface area contributed by atoms with Gasteiger partial charge in [-0.05, 0) is 37.1 Å². The number of anilines is 1. The van der Waals surface area contributed by atoms with Gasteiger partial charge in [0.1, 0.15) is 4.90 Å². The average molecular weight is 491 g/mol. The minimum atomic E-state index is -3.76. The van der Waals surface area contributed by atoms with Gasteiger partial charge in [0.2, 0.25) is 26.9 Å². The fourth-order valence-electron chi connectivity index (χ4n) is 3.86. The molecule has 1 aromatic carbocycles. The molecule has 176 valence electrons. The quantitative estimate of drug-likeness (QED) is 0.363. The van der Waals surface area contributed by atoms with Crippen LogP contribution in [0.5, 0.6) is 0 Å². The van der Waals surface area contributed by atoms with Gasteiger partial charge in [0.25, 0.3) is 0 Å². The van der Waals surface area contributed by atoms with Crippen LogP contribution < -0.4 is 11.2 Å². The second-order valence-electron chi connectivity index (χ2n) is 7.80. The van der Waals surface area contributed by atoms with Crippen LogP contribution in [0.15, 0.2) is 57.1 Å². The monoisotopic (exact) mass is 490 g/mol. The molecule has 3 aromatic rings. The van der Waals surface area contributed by atoms with Gasteiger partial charge >= 0.3 is 0 Å². The lowest BCUT2D eigenvalue weighted by Crippen LogP contribution is -2.38. The maximum Gasteiger partial charge on any atom is 0.245 e. The highest BCUT2D eigenvalue weighted by Gasteiger charge is 2.31. The summed E-state index contributed by atoms with van der Waals surface area (Å²) < 4.78 is 34.6. The molecule has 0 spiro atoms. The molecule has 1 aliphatic carbocycles. The third kappa shape index (κ3) is 5.07. The predicted octanol–water partition coefficient (Wildman–Crippen LogP) is 2.94. The SMILES string of the molecule is CN(C1CCCCC1)S(=O)(=O)c1ccccc1NC(=O)CSc1nnc(-c2ccco2)n1N. The van der Waals surface area contributed by atoms with Crippen LogP contribution in [0, 0.1) is 0 Å². The first-order valence-electron chi connectivity index (χ1n) is 10.6. The van der Waals surface area contributed by atoms with Crippen molar-refractivity contribution in [1.29, 1.82) is 0 Å². The third-order valence-electron chi connectivity index (χ3n) is 5.65.